The summed E-state index contributed by atoms with van der Waals surface area (Å²) in [5.41, 5.74) is 3.73. The maximum atomic E-state index is 14.0. The maximum absolute atomic E-state index is 14.0. The second-order valence-electron chi connectivity index (χ2n) is 7.54. The lowest BCUT2D eigenvalue weighted by Crippen LogP contribution is -2.53. The third-order valence-corrected chi connectivity index (χ3v) is 6.27. The van der Waals surface area contributed by atoms with Gasteiger partial charge in [-0.05, 0) is 26.0 Å². The van der Waals surface area contributed by atoms with Gasteiger partial charge in [0.1, 0.15) is 5.82 Å². The third-order valence-electron chi connectivity index (χ3n) is 5.52. The minimum absolute atomic E-state index is 0.0702. The van der Waals surface area contributed by atoms with Crippen molar-refractivity contribution in [3.63, 3.8) is 0 Å². The highest BCUT2D eigenvalue weighted by atomic mass is 32.1. The topological polar surface area (TPSA) is 48.5 Å². The SMILES string of the molecule is Cc1ccc(-c2csc(NC(=O)C(C)N3CCN(c4ccccc4F)CC3)n2)cc1. The first-order valence-corrected chi connectivity index (χ1v) is 11.0. The summed E-state index contributed by atoms with van der Waals surface area (Å²) in [6.07, 6.45) is 0. The van der Waals surface area contributed by atoms with Gasteiger partial charge in [-0.2, -0.15) is 0 Å². The van der Waals surface area contributed by atoms with Crippen LogP contribution in [0.2, 0.25) is 0 Å². The van der Waals surface area contributed by atoms with E-state index in [1.165, 1.54) is 23.0 Å². The fourth-order valence-electron chi connectivity index (χ4n) is 3.62. The van der Waals surface area contributed by atoms with Gasteiger partial charge in [-0.1, -0.05) is 42.0 Å². The third kappa shape index (κ3) is 4.52. The standard InChI is InChI=1S/C23H25FN4OS/c1-16-7-9-18(10-8-16)20-15-30-23(25-20)26-22(29)17(2)27-11-13-28(14-12-27)21-6-4-3-5-19(21)24/h3-10,15,17H,11-14H2,1-2H3,(H,25,26,29). The minimum Gasteiger partial charge on any atom is -0.367 e. The van der Waals surface area contributed by atoms with Gasteiger partial charge in [0.25, 0.3) is 0 Å². The van der Waals surface area contributed by atoms with Crippen molar-refractivity contribution in [2.24, 2.45) is 0 Å². The molecule has 0 radical (unpaired) electrons. The van der Waals surface area contributed by atoms with E-state index in [0.29, 0.717) is 37.0 Å². The summed E-state index contributed by atoms with van der Waals surface area (Å²) in [6.45, 7) is 6.74. The van der Waals surface area contributed by atoms with Crippen LogP contribution in [0.4, 0.5) is 15.2 Å². The van der Waals surface area contributed by atoms with Crippen molar-refractivity contribution in [1.82, 2.24) is 9.88 Å². The number of para-hydroxylation sites is 1. The fourth-order valence-corrected chi connectivity index (χ4v) is 4.34. The molecule has 1 N–H and O–H groups in total. The smallest absolute Gasteiger partial charge is 0.243 e. The first kappa shape index (κ1) is 20.5. The first-order chi connectivity index (χ1) is 14.5. The molecule has 7 heteroatoms. The van der Waals surface area contributed by atoms with Crippen LogP contribution in [0.25, 0.3) is 11.3 Å². The number of carbonyl (C=O) groups is 1. The van der Waals surface area contributed by atoms with Gasteiger partial charge in [0.15, 0.2) is 5.13 Å². The van der Waals surface area contributed by atoms with Crippen LogP contribution >= 0.6 is 11.3 Å². The fraction of sp³-hybridized carbons (Fsp3) is 0.304. The lowest BCUT2D eigenvalue weighted by atomic mass is 10.1. The molecule has 1 unspecified atom stereocenters. The van der Waals surface area contributed by atoms with E-state index in [1.807, 2.05) is 42.3 Å². The molecular formula is C23H25FN4OS. The number of nitrogens with one attached hydrogen (secondary N) is 1. The van der Waals surface area contributed by atoms with Crippen molar-refractivity contribution < 1.29 is 9.18 Å². The lowest BCUT2D eigenvalue weighted by molar-refractivity contribution is -0.120. The quantitative estimate of drug-likeness (QED) is 0.659. The van der Waals surface area contributed by atoms with Gasteiger partial charge < -0.3 is 10.2 Å². The molecule has 2 heterocycles. The summed E-state index contributed by atoms with van der Waals surface area (Å²) in [6, 6.07) is 14.7. The van der Waals surface area contributed by atoms with Gasteiger partial charge in [0.05, 0.1) is 17.4 Å². The Balaban J connectivity index is 1.33. The number of aromatic nitrogens is 1. The van der Waals surface area contributed by atoms with Crippen molar-refractivity contribution in [3.8, 4) is 11.3 Å². The van der Waals surface area contributed by atoms with Crippen LogP contribution in [-0.4, -0.2) is 48.0 Å². The van der Waals surface area contributed by atoms with E-state index in [4.69, 9.17) is 0 Å². The van der Waals surface area contributed by atoms with Gasteiger partial charge in [0.2, 0.25) is 5.91 Å². The molecule has 1 aliphatic rings. The molecule has 1 aromatic heterocycles. The summed E-state index contributed by atoms with van der Waals surface area (Å²) < 4.78 is 14.0. The van der Waals surface area contributed by atoms with Crippen molar-refractivity contribution >= 4 is 28.1 Å². The van der Waals surface area contributed by atoms with E-state index in [0.717, 1.165) is 11.3 Å². The Labute approximate surface area is 180 Å². The monoisotopic (exact) mass is 424 g/mol. The molecule has 3 aromatic rings. The molecule has 156 valence electrons. The highest BCUT2D eigenvalue weighted by molar-refractivity contribution is 7.14. The molecule has 1 amide bonds. The molecule has 2 aromatic carbocycles. The Bertz CT molecular complexity index is 1010. The minimum atomic E-state index is -0.278. The summed E-state index contributed by atoms with van der Waals surface area (Å²) >= 11 is 1.43. The highest BCUT2D eigenvalue weighted by Gasteiger charge is 2.27. The Morgan fingerprint density at radius 1 is 1.10 bits per heavy atom. The van der Waals surface area contributed by atoms with Crippen LogP contribution in [0.1, 0.15) is 12.5 Å². The summed E-state index contributed by atoms with van der Waals surface area (Å²) in [5, 5.41) is 5.51. The average molecular weight is 425 g/mol. The van der Waals surface area contributed by atoms with Gasteiger partial charge in [-0.15, -0.1) is 11.3 Å². The van der Waals surface area contributed by atoms with Crippen LogP contribution in [0.3, 0.4) is 0 Å². The second kappa shape index (κ2) is 8.93. The Morgan fingerprint density at radius 3 is 2.50 bits per heavy atom. The number of piperazine rings is 1. The molecule has 0 aliphatic carbocycles. The van der Waals surface area contributed by atoms with Crippen LogP contribution in [0.5, 0.6) is 0 Å². The van der Waals surface area contributed by atoms with E-state index in [1.54, 1.807) is 12.1 Å². The molecule has 0 spiro atoms. The first-order valence-electron chi connectivity index (χ1n) is 10.1. The largest absolute Gasteiger partial charge is 0.367 e. The zero-order chi connectivity index (χ0) is 21.1. The average Bonchev–Trinajstić information content (AvgIpc) is 3.22. The normalized spacial score (nSPS) is 15.8. The van der Waals surface area contributed by atoms with E-state index in [9.17, 15) is 9.18 Å². The summed E-state index contributed by atoms with van der Waals surface area (Å²) in [5.74, 6) is -0.274. The molecule has 1 fully saturated rings. The van der Waals surface area contributed by atoms with Gasteiger partial charge in [-0.3, -0.25) is 9.69 Å². The maximum Gasteiger partial charge on any atom is 0.243 e. The lowest BCUT2D eigenvalue weighted by Gasteiger charge is -2.38. The molecule has 30 heavy (non-hydrogen) atoms. The van der Waals surface area contributed by atoms with E-state index in [-0.39, 0.29) is 17.8 Å². The second-order valence-corrected chi connectivity index (χ2v) is 8.40. The van der Waals surface area contributed by atoms with Crippen LogP contribution in [0.15, 0.2) is 53.9 Å². The van der Waals surface area contributed by atoms with Gasteiger partial charge in [-0.25, -0.2) is 9.37 Å². The number of carbonyl (C=O) groups excluding carboxylic acids is 1. The van der Waals surface area contributed by atoms with Crippen LogP contribution in [0, 0.1) is 12.7 Å². The number of nitrogens with zero attached hydrogens (tertiary/aromatic N) is 3. The van der Waals surface area contributed by atoms with Gasteiger partial charge in [0, 0.05) is 37.1 Å². The number of amides is 1. The molecule has 0 saturated carbocycles. The molecule has 1 aliphatic heterocycles. The van der Waals surface area contributed by atoms with E-state index < -0.39 is 0 Å². The number of thiazole rings is 1. The Morgan fingerprint density at radius 2 is 1.80 bits per heavy atom. The zero-order valence-corrected chi connectivity index (χ0v) is 18.0. The molecule has 1 saturated heterocycles. The van der Waals surface area contributed by atoms with Crippen molar-refractivity contribution in [2.45, 2.75) is 19.9 Å². The van der Waals surface area contributed by atoms with E-state index >= 15 is 0 Å². The zero-order valence-electron chi connectivity index (χ0n) is 17.1. The van der Waals surface area contributed by atoms with Crippen molar-refractivity contribution in [1.29, 1.82) is 0 Å². The van der Waals surface area contributed by atoms with Gasteiger partial charge >= 0.3 is 0 Å². The summed E-state index contributed by atoms with van der Waals surface area (Å²) in [4.78, 5) is 21.5. The number of rotatable bonds is 5. The Hall–Kier alpha value is -2.77. The number of anilines is 2. The number of halogens is 1. The molecule has 1 atom stereocenters. The van der Waals surface area contributed by atoms with Crippen molar-refractivity contribution in [3.05, 3.63) is 65.3 Å². The molecular weight excluding hydrogens is 399 g/mol. The van der Waals surface area contributed by atoms with Crippen LogP contribution < -0.4 is 10.2 Å². The predicted octanol–water partition coefficient (Wildman–Crippen LogP) is 4.41. The van der Waals surface area contributed by atoms with Crippen LogP contribution in [-0.2, 0) is 4.79 Å². The predicted molar refractivity (Wildman–Crippen MR) is 121 cm³/mol. The number of hydrogen-bond donors (Lipinski definition) is 1. The molecule has 5 nitrogen and oxygen atoms in total. The number of aryl methyl sites for hydroxylation is 1. The Kier molecular flexibility index (Phi) is 6.11. The van der Waals surface area contributed by atoms with Crippen molar-refractivity contribution in [2.75, 3.05) is 36.4 Å². The summed E-state index contributed by atoms with van der Waals surface area (Å²) in [7, 11) is 0. The van der Waals surface area contributed by atoms with E-state index in [2.05, 4.69) is 27.3 Å². The number of hydrogen-bond acceptors (Lipinski definition) is 5. The number of benzene rings is 2. The highest BCUT2D eigenvalue weighted by Crippen LogP contribution is 2.26. The molecule has 0 bridgehead atoms. The molecule has 4 rings (SSSR count).